The average Bonchev–Trinajstić information content (AvgIpc) is 2.84. The molecule has 1 aliphatic carbocycles. The van der Waals surface area contributed by atoms with E-state index in [9.17, 15) is 4.39 Å². The number of rotatable bonds is 3. The van der Waals surface area contributed by atoms with Crippen LogP contribution in [0, 0.1) is 12.7 Å². The largest absolute Gasteiger partial charge is 0.323 e. The summed E-state index contributed by atoms with van der Waals surface area (Å²) in [6, 6.07) is 5.49. The lowest BCUT2D eigenvalue weighted by atomic mass is 9.95. The van der Waals surface area contributed by atoms with Crippen LogP contribution in [0.1, 0.15) is 43.8 Å². The zero-order valence-electron chi connectivity index (χ0n) is 12.1. The number of nitrogens with one attached hydrogen (secondary N) is 1. The molecule has 1 N–H and O–H groups in total. The molecular weight excluding hydrogens is 333 g/mol. The molecule has 0 unspecified atom stereocenters. The fourth-order valence-electron chi connectivity index (χ4n) is 2.96. The van der Waals surface area contributed by atoms with E-state index in [0.717, 1.165) is 16.1 Å². The van der Waals surface area contributed by atoms with Crippen LogP contribution in [0.2, 0.25) is 0 Å². The Morgan fingerprint density at radius 1 is 1.29 bits per heavy atom. The molecule has 0 radical (unpaired) electrons. The number of aryl methyl sites for hydroxylation is 1. The van der Waals surface area contributed by atoms with E-state index in [4.69, 9.17) is 0 Å². The van der Waals surface area contributed by atoms with E-state index in [1.54, 1.807) is 6.07 Å². The number of benzene rings is 1. The highest BCUT2D eigenvalue weighted by Gasteiger charge is 2.19. The Kier molecular flexibility index (Phi) is 4.29. The fourth-order valence-corrected chi connectivity index (χ4v) is 3.29. The number of hydrogen-bond donors (Lipinski definition) is 1. The molecule has 0 saturated heterocycles. The Balaban J connectivity index is 1.87. The minimum atomic E-state index is -0.278. The van der Waals surface area contributed by atoms with Crippen molar-refractivity contribution in [2.24, 2.45) is 0 Å². The number of hydrogen-bond acceptors (Lipinski definition) is 2. The second kappa shape index (κ2) is 6.18. The van der Waals surface area contributed by atoms with Crippen LogP contribution < -0.4 is 5.32 Å². The molecule has 1 heterocycles. The van der Waals surface area contributed by atoms with Crippen molar-refractivity contribution in [2.45, 2.75) is 45.1 Å². The molecule has 1 aromatic carbocycles. The van der Waals surface area contributed by atoms with E-state index in [1.807, 2.05) is 13.0 Å². The van der Waals surface area contributed by atoms with Crippen LogP contribution in [0.15, 0.2) is 28.9 Å². The molecule has 1 aromatic heterocycles. The van der Waals surface area contributed by atoms with Gasteiger partial charge in [0.05, 0.1) is 11.4 Å². The van der Waals surface area contributed by atoms with Crippen molar-refractivity contribution in [1.29, 1.82) is 0 Å². The fraction of sp³-hybridized carbons (Fsp3) is 0.438. The van der Waals surface area contributed by atoms with Crippen LogP contribution >= 0.6 is 15.9 Å². The van der Waals surface area contributed by atoms with Crippen molar-refractivity contribution in [2.75, 3.05) is 5.32 Å². The van der Waals surface area contributed by atoms with Gasteiger partial charge in [0.15, 0.2) is 0 Å². The molecule has 0 atom stereocenters. The summed E-state index contributed by atoms with van der Waals surface area (Å²) >= 11 is 3.27. The lowest BCUT2D eigenvalue weighted by Crippen LogP contribution is -2.14. The Morgan fingerprint density at radius 2 is 2.05 bits per heavy atom. The SMILES string of the molecule is Cc1cn(C2CCCCC2)c(Nc2ccc(Br)cc2F)n1. The second-order valence-electron chi connectivity index (χ2n) is 5.65. The lowest BCUT2D eigenvalue weighted by molar-refractivity contribution is 0.356. The predicted octanol–water partition coefficient (Wildman–Crippen LogP) is 5.34. The minimum Gasteiger partial charge on any atom is -0.323 e. The van der Waals surface area contributed by atoms with Gasteiger partial charge in [-0.1, -0.05) is 35.2 Å². The molecule has 21 heavy (non-hydrogen) atoms. The van der Waals surface area contributed by atoms with E-state index in [-0.39, 0.29) is 5.82 Å². The smallest absolute Gasteiger partial charge is 0.207 e. The Bertz CT molecular complexity index is 632. The molecule has 112 valence electrons. The standard InChI is InChI=1S/C16H19BrFN3/c1-11-10-21(13-5-3-2-4-6-13)16(19-11)20-15-8-7-12(17)9-14(15)18/h7-10,13H,2-6H2,1H3,(H,19,20). The van der Waals surface area contributed by atoms with Crippen LogP contribution in [-0.4, -0.2) is 9.55 Å². The molecule has 0 bridgehead atoms. The summed E-state index contributed by atoms with van der Waals surface area (Å²) in [5, 5.41) is 3.14. The maximum Gasteiger partial charge on any atom is 0.207 e. The molecule has 1 fully saturated rings. The first-order valence-electron chi connectivity index (χ1n) is 7.41. The summed E-state index contributed by atoms with van der Waals surface area (Å²) < 4.78 is 16.9. The maximum atomic E-state index is 14.0. The molecule has 3 rings (SSSR count). The van der Waals surface area contributed by atoms with Crippen LogP contribution in [-0.2, 0) is 0 Å². The van der Waals surface area contributed by atoms with E-state index in [0.29, 0.717) is 11.7 Å². The predicted molar refractivity (Wildman–Crippen MR) is 86.5 cm³/mol. The molecule has 0 aliphatic heterocycles. The average molecular weight is 352 g/mol. The van der Waals surface area contributed by atoms with Crippen molar-refractivity contribution in [1.82, 2.24) is 9.55 Å². The van der Waals surface area contributed by atoms with Gasteiger partial charge in [0.2, 0.25) is 5.95 Å². The highest BCUT2D eigenvalue weighted by atomic mass is 79.9. The second-order valence-corrected chi connectivity index (χ2v) is 6.57. The van der Waals surface area contributed by atoms with E-state index in [2.05, 4.69) is 37.0 Å². The van der Waals surface area contributed by atoms with Crippen LogP contribution in [0.4, 0.5) is 16.0 Å². The number of anilines is 2. The number of aromatic nitrogens is 2. The summed E-state index contributed by atoms with van der Waals surface area (Å²) in [6.45, 7) is 1.97. The molecule has 0 amide bonds. The van der Waals surface area contributed by atoms with Crippen molar-refractivity contribution >= 4 is 27.6 Å². The number of nitrogens with zero attached hydrogens (tertiary/aromatic N) is 2. The number of imidazole rings is 1. The first-order chi connectivity index (χ1) is 10.1. The quantitative estimate of drug-likeness (QED) is 0.808. The molecule has 3 nitrogen and oxygen atoms in total. The summed E-state index contributed by atoms with van der Waals surface area (Å²) in [5.74, 6) is 0.459. The van der Waals surface area contributed by atoms with Crippen LogP contribution in [0.3, 0.4) is 0 Å². The third-order valence-electron chi connectivity index (χ3n) is 4.00. The zero-order chi connectivity index (χ0) is 14.8. The van der Waals surface area contributed by atoms with Crippen molar-refractivity contribution < 1.29 is 4.39 Å². The first-order valence-corrected chi connectivity index (χ1v) is 8.20. The number of halogens is 2. The van der Waals surface area contributed by atoms with E-state index < -0.39 is 0 Å². The monoisotopic (exact) mass is 351 g/mol. The normalized spacial score (nSPS) is 16.1. The molecule has 5 heteroatoms. The van der Waals surface area contributed by atoms with Gasteiger partial charge in [-0.05, 0) is 38.0 Å². The topological polar surface area (TPSA) is 29.9 Å². The highest BCUT2D eigenvalue weighted by molar-refractivity contribution is 9.10. The molecule has 0 spiro atoms. The van der Waals surface area contributed by atoms with E-state index in [1.165, 1.54) is 38.2 Å². The highest BCUT2D eigenvalue weighted by Crippen LogP contribution is 2.32. The zero-order valence-corrected chi connectivity index (χ0v) is 13.7. The third kappa shape index (κ3) is 3.28. The molecular formula is C16H19BrFN3. The van der Waals surface area contributed by atoms with Gasteiger partial charge in [0.25, 0.3) is 0 Å². The van der Waals surface area contributed by atoms with Gasteiger partial charge >= 0.3 is 0 Å². The Labute approximate surface area is 132 Å². The maximum absolute atomic E-state index is 14.0. The lowest BCUT2D eigenvalue weighted by Gasteiger charge is -2.24. The molecule has 1 saturated carbocycles. The van der Waals surface area contributed by atoms with Crippen molar-refractivity contribution in [3.05, 3.63) is 40.4 Å². The summed E-state index contributed by atoms with van der Waals surface area (Å²) in [7, 11) is 0. The summed E-state index contributed by atoms with van der Waals surface area (Å²) in [5.41, 5.74) is 1.42. The van der Waals surface area contributed by atoms with Crippen LogP contribution in [0.25, 0.3) is 0 Å². The summed E-state index contributed by atoms with van der Waals surface area (Å²) in [4.78, 5) is 4.52. The van der Waals surface area contributed by atoms with Crippen molar-refractivity contribution in [3.63, 3.8) is 0 Å². The molecule has 2 aromatic rings. The van der Waals surface area contributed by atoms with Crippen LogP contribution in [0.5, 0.6) is 0 Å². The molecule has 1 aliphatic rings. The Hall–Kier alpha value is -1.36. The van der Waals surface area contributed by atoms with Gasteiger partial charge in [-0.2, -0.15) is 0 Å². The summed E-state index contributed by atoms with van der Waals surface area (Å²) in [6.07, 6.45) is 8.24. The Morgan fingerprint density at radius 3 is 2.76 bits per heavy atom. The van der Waals surface area contributed by atoms with Gasteiger partial charge < -0.3 is 9.88 Å². The first kappa shape index (κ1) is 14.6. The van der Waals surface area contributed by atoms with Crippen molar-refractivity contribution in [3.8, 4) is 0 Å². The van der Waals surface area contributed by atoms with Gasteiger partial charge in [-0.15, -0.1) is 0 Å². The third-order valence-corrected chi connectivity index (χ3v) is 4.49. The van der Waals surface area contributed by atoms with E-state index >= 15 is 0 Å². The minimum absolute atomic E-state index is 0.278. The van der Waals surface area contributed by atoms with Gasteiger partial charge in [0.1, 0.15) is 5.82 Å². The van der Waals surface area contributed by atoms with Gasteiger partial charge in [-0.25, -0.2) is 9.37 Å². The van der Waals surface area contributed by atoms with Gasteiger partial charge in [-0.3, -0.25) is 0 Å². The van der Waals surface area contributed by atoms with Gasteiger partial charge in [0, 0.05) is 16.7 Å².